The van der Waals surface area contributed by atoms with Crippen LogP contribution < -0.4 is 16.6 Å². The number of ether oxygens (including phenoxy) is 2. The number of imidazole rings is 1. The monoisotopic (exact) mass is 372 g/mol. The quantitative estimate of drug-likeness (QED) is 0.388. The molecule has 10 heteroatoms. The summed E-state index contributed by atoms with van der Waals surface area (Å²) in [7, 11) is 0. The van der Waals surface area contributed by atoms with E-state index in [1.54, 1.807) is 11.5 Å². The van der Waals surface area contributed by atoms with Crippen LogP contribution in [0.2, 0.25) is 0 Å². The second-order valence-electron chi connectivity index (χ2n) is 5.77. The maximum atomic E-state index is 12.0. The number of esters is 1. The number of nitrogens with zero attached hydrogens (tertiary/aromatic N) is 3. The lowest BCUT2D eigenvalue weighted by Gasteiger charge is -2.14. The van der Waals surface area contributed by atoms with Gasteiger partial charge in [-0.1, -0.05) is 18.2 Å². The SMILES string of the molecule is CC(Nc1ccccc1)C(=O)OCCOCn1cnc2c(=O)[nH]c(N)nc21. The van der Waals surface area contributed by atoms with Gasteiger partial charge >= 0.3 is 5.97 Å². The Morgan fingerprint density at radius 1 is 1.33 bits per heavy atom. The minimum atomic E-state index is -0.483. The first kappa shape index (κ1) is 18.4. The minimum absolute atomic E-state index is 0.00286. The first-order chi connectivity index (χ1) is 13.0. The number of fused-ring (bicyclic) bond motifs is 1. The second kappa shape index (κ2) is 8.32. The molecule has 0 amide bonds. The van der Waals surface area contributed by atoms with Gasteiger partial charge in [0.05, 0.1) is 12.9 Å². The van der Waals surface area contributed by atoms with Gasteiger partial charge in [-0.05, 0) is 19.1 Å². The molecule has 0 spiro atoms. The third-order valence-corrected chi connectivity index (χ3v) is 3.71. The summed E-state index contributed by atoms with van der Waals surface area (Å²) in [6, 6.07) is 8.91. The number of carbonyl (C=O) groups excluding carboxylic acids is 1. The molecule has 2 aromatic heterocycles. The molecule has 0 aliphatic heterocycles. The average Bonchev–Trinajstić information content (AvgIpc) is 3.05. The normalized spacial score (nSPS) is 12.0. The maximum Gasteiger partial charge on any atom is 0.328 e. The number of nitrogen functional groups attached to an aromatic ring is 1. The molecular weight excluding hydrogens is 352 g/mol. The van der Waals surface area contributed by atoms with E-state index in [4.69, 9.17) is 15.2 Å². The van der Waals surface area contributed by atoms with Gasteiger partial charge < -0.3 is 20.5 Å². The van der Waals surface area contributed by atoms with Crippen molar-refractivity contribution < 1.29 is 14.3 Å². The molecular formula is C17H20N6O4. The summed E-state index contributed by atoms with van der Waals surface area (Å²) in [5.74, 6) is -0.375. The van der Waals surface area contributed by atoms with E-state index in [2.05, 4.69) is 20.3 Å². The number of rotatable bonds is 8. The van der Waals surface area contributed by atoms with Crippen LogP contribution in [0.4, 0.5) is 11.6 Å². The fourth-order valence-electron chi connectivity index (χ4n) is 2.40. The number of para-hydroxylation sites is 1. The van der Waals surface area contributed by atoms with Gasteiger partial charge in [0.15, 0.2) is 11.2 Å². The van der Waals surface area contributed by atoms with Crippen LogP contribution in [-0.2, 0) is 21.0 Å². The van der Waals surface area contributed by atoms with Crippen LogP contribution in [0.25, 0.3) is 11.2 Å². The summed E-state index contributed by atoms with van der Waals surface area (Å²) < 4.78 is 12.2. The third-order valence-electron chi connectivity index (χ3n) is 3.71. The fraction of sp³-hybridized carbons (Fsp3) is 0.294. The molecule has 0 saturated carbocycles. The number of hydrogen-bond donors (Lipinski definition) is 3. The summed E-state index contributed by atoms with van der Waals surface area (Å²) in [4.78, 5) is 34.1. The van der Waals surface area contributed by atoms with Crippen LogP contribution in [0, 0.1) is 0 Å². The minimum Gasteiger partial charge on any atom is -0.462 e. The number of anilines is 2. The van der Waals surface area contributed by atoms with Crippen molar-refractivity contribution in [1.82, 2.24) is 19.5 Å². The molecule has 0 fully saturated rings. The zero-order valence-electron chi connectivity index (χ0n) is 14.7. The van der Waals surface area contributed by atoms with Crippen LogP contribution in [0.1, 0.15) is 6.92 Å². The lowest BCUT2D eigenvalue weighted by atomic mass is 10.2. The lowest BCUT2D eigenvalue weighted by molar-refractivity contribution is -0.146. The van der Waals surface area contributed by atoms with E-state index in [9.17, 15) is 9.59 Å². The highest BCUT2D eigenvalue weighted by Crippen LogP contribution is 2.08. The fourth-order valence-corrected chi connectivity index (χ4v) is 2.40. The molecule has 0 saturated heterocycles. The summed E-state index contributed by atoms with van der Waals surface area (Å²) in [5, 5.41) is 3.06. The predicted molar refractivity (Wildman–Crippen MR) is 99.0 cm³/mol. The molecule has 0 aliphatic rings. The van der Waals surface area contributed by atoms with Crippen molar-refractivity contribution in [2.45, 2.75) is 19.7 Å². The number of nitrogens with two attached hydrogens (primary N) is 1. The van der Waals surface area contributed by atoms with Gasteiger partial charge in [-0.15, -0.1) is 0 Å². The Balaban J connectivity index is 1.43. The topological polar surface area (TPSA) is 137 Å². The van der Waals surface area contributed by atoms with Crippen LogP contribution in [0.3, 0.4) is 0 Å². The van der Waals surface area contributed by atoms with Gasteiger partial charge in [0, 0.05) is 5.69 Å². The van der Waals surface area contributed by atoms with Crippen molar-refractivity contribution in [2.75, 3.05) is 24.3 Å². The van der Waals surface area contributed by atoms with E-state index in [0.717, 1.165) is 5.69 Å². The standard InChI is InChI=1S/C17H20N6O4/c1-11(20-12-5-3-2-4-6-12)16(25)27-8-7-26-10-23-9-19-13-14(23)21-17(18)22-15(13)24/h2-6,9,11,20H,7-8,10H2,1H3,(H3,18,21,22,24). The van der Waals surface area contributed by atoms with E-state index in [1.807, 2.05) is 30.3 Å². The van der Waals surface area contributed by atoms with E-state index < -0.39 is 11.6 Å². The van der Waals surface area contributed by atoms with Gasteiger partial charge in [0.2, 0.25) is 5.95 Å². The largest absolute Gasteiger partial charge is 0.462 e. The van der Waals surface area contributed by atoms with Gasteiger partial charge in [-0.25, -0.2) is 9.78 Å². The third kappa shape index (κ3) is 4.61. The molecule has 10 nitrogen and oxygen atoms in total. The van der Waals surface area contributed by atoms with Crippen molar-refractivity contribution in [3.63, 3.8) is 0 Å². The molecule has 1 atom stereocenters. The molecule has 2 heterocycles. The zero-order valence-corrected chi connectivity index (χ0v) is 14.7. The number of H-pyrrole nitrogens is 1. The van der Waals surface area contributed by atoms with Crippen LogP contribution >= 0.6 is 0 Å². The van der Waals surface area contributed by atoms with Gasteiger partial charge in [-0.2, -0.15) is 4.98 Å². The van der Waals surface area contributed by atoms with Crippen molar-refractivity contribution in [3.05, 3.63) is 47.0 Å². The number of hydrogen-bond acceptors (Lipinski definition) is 8. The Bertz CT molecular complexity index is 968. The average molecular weight is 372 g/mol. The first-order valence-corrected chi connectivity index (χ1v) is 8.31. The number of carbonyl (C=O) groups is 1. The smallest absolute Gasteiger partial charge is 0.328 e. The Kier molecular flexibility index (Phi) is 5.67. The van der Waals surface area contributed by atoms with E-state index in [-0.39, 0.29) is 37.4 Å². The van der Waals surface area contributed by atoms with E-state index in [1.165, 1.54) is 6.33 Å². The lowest BCUT2D eigenvalue weighted by Crippen LogP contribution is -2.29. The molecule has 27 heavy (non-hydrogen) atoms. The molecule has 0 radical (unpaired) electrons. The molecule has 1 aromatic carbocycles. The zero-order chi connectivity index (χ0) is 19.2. The van der Waals surface area contributed by atoms with Gasteiger partial charge in [0.1, 0.15) is 19.4 Å². The summed E-state index contributed by atoms with van der Waals surface area (Å²) in [5.41, 5.74) is 6.47. The Morgan fingerprint density at radius 2 is 2.11 bits per heavy atom. The van der Waals surface area contributed by atoms with Crippen LogP contribution in [-0.4, -0.2) is 44.7 Å². The van der Waals surface area contributed by atoms with Crippen molar-refractivity contribution in [3.8, 4) is 0 Å². The highest BCUT2D eigenvalue weighted by Gasteiger charge is 2.14. The Hall–Kier alpha value is -3.40. The van der Waals surface area contributed by atoms with E-state index in [0.29, 0.717) is 5.65 Å². The summed E-state index contributed by atoms with van der Waals surface area (Å²) >= 11 is 0. The number of aromatic amines is 1. The first-order valence-electron chi connectivity index (χ1n) is 8.31. The molecule has 0 bridgehead atoms. The highest BCUT2D eigenvalue weighted by molar-refractivity contribution is 5.78. The Labute approximate surface area is 154 Å². The van der Waals surface area contributed by atoms with Crippen LogP contribution in [0.5, 0.6) is 0 Å². The van der Waals surface area contributed by atoms with Crippen LogP contribution in [0.15, 0.2) is 41.5 Å². The maximum absolute atomic E-state index is 12.0. The molecule has 3 rings (SSSR count). The summed E-state index contributed by atoms with van der Waals surface area (Å²) in [6.07, 6.45) is 1.43. The predicted octanol–water partition coefficient (Wildman–Crippen LogP) is 0.720. The molecule has 3 aromatic rings. The summed E-state index contributed by atoms with van der Waals surface area (Å²) in [6.45, 7) is 2.10. The second-order valence-corrected chi connectivity index (χ2v) is 5.77. The number of nitrogens with one attached hydrogen (secondary N) is 2. The molecule has 0 aliphatic carbocycles. The number of benzene rings is 1. The van der Waals surface area contributed by atoms with Crippen molar-refractivity contribution in [2.24, 2.45) is 0 Å². The van der Waals surface area contributed by atoms with Gasteiger partial charge in [0.25, 0.3) is 5.56 Å². The highest BCUT2D eigenvalue weighted by atomic mass is 16.6. The number of aromatic nitrogens is 4. The molecule has 4 N–H and O–H groups in total. The molecule has 142 valence electrons. The Morgan fingerprint density at radius 3 is 2.89 bits per heavy atom. The van der Waals surface area contributed by atoms with Crippen molar-refractivity contribution >= 4 is 28.8 Å². The van der Waals surface area contributed by atoms with E-state index >= 15 is 0 Å². The molecule has 1 unspecified atom stereocenters. The van der Waals surface area contributed by atoms with Crippen molar-refractivity contribution in [1.29, 1.82) is 0 Å². The van der Waals surface area contributed by atoms with Gasteiger partial charge in [-0.3, -0.25) is 14.3 Å².